The van der Waals surface area contributed by atoms with Crippen LogP contribution in [0.5, 0.6) is 0 Å². The molecule has 4 heteroatoms. The van der Waals surface area contributed by atoms with Crippen molar-refractivity contribution in [2.24, 2.45) is 0 Å². The van der Waals surface area contributed by atoms with Crippen LogP contribution in [0.15, 0.2) is 54.6 Å². The number of hydrogen-bond donors (Lipinski definition) is 0. The molecule has 1 nitrogen and oxygen atoms in total. The fraction of sp³-hybridized carbons (Fsp3) is 0.250. The molecule has 1 radical (unpaired) electrons. The SMILES string of the molecule is ClC(Cl)(Cl)CCCN(c1[c]cccc1)c1ccccc1. The molecule has 2 aromatic rings. The van der Waals surface area contributed by atoms with Gasteiger partial charge in [0.25, 0.3) is 0 Å². The highest BCUT2D eigenvalue weighted by molar-refractivity contribution is 6.67. The highest BCUT2D eigenvalue weighted by atomic mass is 35.6. The van der Waals surface area contributed by atoms with Crippen molar-refractivity contribution in [1.82, 2.24) is 0 Å². The first-order chi connectivity index (χ1) is 9.56. The third-order valence-corrected chi connectivity index (χ3v) is 3.46. The van der Waals surface area contributed by atoms with Gasteiger partial charge in [-0.3, -0.25) is 0 Å². The molecule has 0 heterocycles. The van der Waals surface area contributed by atoms with Crippen molar-refractivity contribution < 1.29 is 0 Å². The van der Waals surface area contributed by atoms with E-state index in [1.54, 1.807) is 0 Å². The summed E-state index contributed by atoms with van der Waals surface area (Å²) in [5.41, 5.74) is 2.13. The molecule has 0 aliphatic carbocycles. The quantitative estimate of drug-likeness (QED) is 0.630. The molecule has 0 bridgehead atoms. The van der Waals surface area contributed by atoms with Crippen molar-refractivity contribution in [1.29, 1.82) is 0 Å². The average Bonchev–Trinajstić information content (AvgIpc) is 2.44. The van der Waals surface area contributed by atoms with E-state index >= 15 is 0 Å². The van der Waals surface area contributed by atoms with Gasteiger partial charge in [-0.15, -0.1) is 0 Å². The minimum absolute atomic E-state index is 0.522. The van der Waals surface area contributed by atoms with E-state index in [1.165, 1.54) is 0 Å². The fourth-order valence-corrected chi connectivity index (χ4v) is 2.39. The maximum atomic E-state index is 5.81. The second kappa shape index (κ2) is 7.21. The first-order valence-corrected chi connectivity index (χ1v) is 7.56. The number of nitrogens with zero attached hydrogens (tertiary/aromatic N) is 1. The smallest absolute Gasteiger partial charge is 0.190 e. The van der Waals surface area contributed by atoms with Gasteiger partial charge in [0.1, 0.15) is 0 Å². The predicted molar refractivity (Wildman–Crippen MR) is 88.3 cm³/mol. The lowest BCUT2D eigenvalue weighted by molar-refractivity contribution is 0.748. The van der Waals surface area contributed by atoms with Crippen LogP contribution >= 0.6 is 34.8 Å². The summed E-state index contributed by atoms with van der Waals surface area (Å²) in [6.45, 7) is 0.776. The van der Waals surface area contributed by atoms with Gasteiger partial charge in [0.15, 0.2) is 3.79 Å². The van der Waals surface area contributed by atoms with Crippen LogP contribution in [0.2, 0.25) is 0 Å². The van der Waals surface area contributed by atoms with Crippen LogP contribution in [0, 0.1) is 6.07 Å². The molecule has 0 saturated carbocycles. The van der Waals surface area contributed by atoms with Gasteiger partial charge in [0.05, 0.1) is 0 Å². The molecule has 0 aromatic heterocycles. The van der Waals surface area contributed by atoms with Gasteiger partial charge in [-0.25, -0.2) is 0 Å². The van der Waals surface area contributed by atoms with Gasteiger partial charge in [-0.1, -0.05) is 71.2 Å². The Morgan fingerprint density at radius 3 is 2.25 bits per heavy atom. The second-order valence-corrected chi connectivity index (χ2v) is 6.97. The summed E-state index contributed by atoms with van der Waals surface area (Å²) in [5.74, 6) is 0. The van der Waals surface area contributed by atoms with Crippen LogP contribution < -0.4 is 4.90 Å². The molecule has 0 aliphatic rings. The van der Waals surface area contributed by atoms with Crippen molar-refractivity contribution in [3.8, 4) is 0 Å². The van der Waals surface area contributed by atoms with Crippen molar-refractivity contribution in [2.45, 2.75) is 16.6 Å². The van der Waals surface area contributed by atoms with E-state index in [-0.39, 0.29) is 0 Å². The Hall–Kier alpha value is -0.890. The molecular formula is C16H15Cl3N. The molecule has 0 atom stereocenters. The van der Waals surface area contributed by atoms with E-state index in [2.05, 4.69) is 23.1 Å². The van der Waals surface area contributed by atoms with Crippen LogP contribution in [0.3, 0.4) is 0 Å². The number of benzene rings is 2. The summed E-state index contributed by atoms with van der Waals surface area (Å²) in [7, 11) is 0. The molecule has 0 amide bonds. The van der Waals surface area contributed by atoms with Gasteiger partial charge in [0.2, 0.25) is 0 Å². The minimum atomic E-state index is -1.19. The van der Waals surface area contributed by atoms with Gasteiger partial charge >= 0.3 is 0 Å². The monoisotopic (exact) mass is 326 g/mol. The Bertz CT molecular complexity index is 469. The molecular weight excluding hydrogens is 313 g/mol. The number of anilines is 2. The number of hydrogen-bond acceptors (Lipinski definition) is 1. The Morgan fingerprint density at radius 1 is 0.950 bits per heavy atom. The van der Waals surface area contributed by atoms with Crippen molar-refractivity contribution in [3.05, 3.63) is 60.7 Å². The van der Waals surface area contributed by atoms with E-state index in [9.17, 15) is 0 Å². The molecule has 0 spiro atoms. The van der Waals surface area contributed by atoms with Gasteiger partial charge in [-0.05, 0) is 31.0 Å². The maximum Gasteiger partial charge on any atom is 0.190 e. The number of para-hydroxylation sites is 2. The van der Waals surface area contributed by atoms with Crippen LogP contribution in [0.25, 0.3) is 0 Å². The highest BCUT2D eigenvalue weighted by Crippen LogP contribution is 2.32. The van der Waals surface area contributed by atoms with Crippen LogP contribution in [0.1, 0.15) is 12.8 Å². The van der Waals surface area contributed by atoms with Gasteiger partial charge in [-0.2, -0.15) is 0 Å². The summed E-state index contributed by atoms with van der Waals surface area (Å²) < 4.78 is -1.19. The molecule has 2 rings (SSSR count). The first-order valence-electron chi connectivity index (χ1n) is 6.42. The maximum absolute atomic E-state index is 5.81. The van der Waals surface area contributed by atoms with E-state index in [0.717, 1.165) is 24.3 Å². The average molecular weight is 328 g/mol. The van der Waals surface area contributed by atoms with Crippen molar-refractivity contribution >= 4 is 46.2 Å². The number of rotatable bonds is 5. The molecule has 0 N–H and O–H groups in total. The van der Waals surface area contributed by atoms with Crippen LogP contribution in [0.4, 0.5) is 11.4 Å². The van der Waals surface area contributed by atoms with E-state index in [4.69, 9.17) is 34.8 Å². The van der Waals surface area contributed by atoms with Crippen molar-refractivity contribution in [2.75, 3.05) is 11.4 Å². The lowest BCUT2D eigenvalue weighted by Crippen LogP contribution is -2.19. The zero-order valence-corrected chi connectivity index (χ0v) is 13.2. The third kappa shape index (κ3) is 4.90. The Morgan fingerprint density at radius 2 is 1.65 bits per heavy atom. The zero-order chi connectivity index (χ0) is 14.4. The standard InChI is InChI=1S/C16H15Cl3N/c17-16(18,19)12-7-13-20(14-8-3-1-4-9-14)15-10-5-2-6-11-15/h1-6,8-10H,7,12-13H2. The third-order valence-electron chi connectivity index (χ3n) is 2.89. The fourth-order valence-electron chi connectivity index (χ4n) is 1.99. The van der Waals surface area contributed by atoms with Crippen molar-refractivity contribution in [3.63, 3.8) is 0 Å². The minimum Gasteiger partial charge on any atom is -0.341 e. The molecule has 0 aliphatic heterocycles. The molecule has 0 unspecified atom stereocenters. The normalized spacial score (nSPS) is 11.3. The second-order valence-electron chi connectivity index (χ2n) is 4.45. The Balaban J connectivity index is 2.13. The zero-order valence-electron chi connectivity index (χ0n) is 10.9. The number of alkyl halides is 3. The van der Waals surface area contributed by atoms with Gasteiger partial charge < -0.3 is 4.90 Å². The topological polar surface area (TPSA) is 3.24 Å². The Kier molecular flexibility index (Phi) is 5.59. The lowest BCUT2D eigenvalue weighted by atomic mass is 10.2. The van der Waals surface area contributed by atoms with E-state index < -0.39 is 3.79 Å². The molecule has 0 fully saturated rings. The Labute approximate surface area is 135 Å². The van der Waals surface area contributed by atoms with E-state index in [1.807, 2.05) is 42.5 Å². The van der Waals surface area contributed by atoms with Gasteiger partial charge in [0, 0.05) is 24.0 Å². The van der Waals surface area contributed by atoms with E-state index in [0.29, 0.717) is 6.42 Å². The predicted octanol–water partition coefficient (Wildman–Crippen LogP) is 5.78. The summed E-state index contributed by atoms with van der Waals surface area (Å²) in [6.07, 6.45) is 1.31. The van der Waals surface area contributed by atoms with Crippen LogP contribution in [-0.2, 0) is 0 Å². The molecule has 105 valence electrons. The first kappa shape index (κ1) is 15.5. The summed E-state index contributed by atoms with van der Waals surface area (Å²) in [4.78, 5) is 2.18. The molecule has 0 saturated heterocycles. The number of halogens is 3. The largest absolute Gasteiger partial charge is 0.341 e. The summed E-state index contributed by atoms with van der Waals surface area (Å²) in [6, 6.07) is 21.3. The lowest BCUT2D eigenvalue weighted by Gasteiger charge is -2.25. The highest BCUT2D eigenvalue weighted by Gasteiger charge is 2.19. The summed E-state index contributed by atoms with van der Waals surface area (Å²) in [5, 5.41) is 0. The van der Waals surface area contributed by atoms with Crippen LogP contribution in [-0.4, -0.2) is 10.3 Å². The molecule has 2 aromatic carbocycles. The molecule has 20 heavy (non-hydrogen) atoms. The summed E-state index contributed by atoms with van der Waals surface area (Å²) >= 11 is 17.4.